The average molecular weight is 632 g/mol. The molecule has 0 saturated carbocycles. The Morgan fingerprint density at radius 1 is 0.977 bits per heavy atom. The van der Waals surface area contributed by atoms with Gasteiger partial charge in [0.05, 0.1) is 18.1 Å². The molecule has 0 aliphatic carbocycles. The molecule has 0 spiro atoms. The Balaban J connectivity index is 1.87. The molecule has 3 amide bonds. The van der Waals surface area contributed by atoms with Crippen molar-refractivity contribution in [3.63, 3.8) is 0 Å². The Morgan fingerprint density at radius 3 is 2.20 bits per heavy atom. The van der Waals surface area contributed by atoms with Crippen molar-refractivity contribution in [3.05, 3.63) is 47.8 Å². The number of amides is 3. The van der Waals surface area contributed by atoms with Gasteiger partial charge in [0, 0.05) is 43.9 Å². The number of nitrogens with zero attached hydrogens (tertiary/aromatic N) is 4. The molecule has 0 unspecified atom stereocenters. The smallest absolute Gasteiger partial charge is 0.409 e. The summed E-state index contributed by atoms with van der Waals surface area (Å²) in [5.41, 5.74) is -0.137. The fourth-order valence-corrected chi connectivity index (χ4v) is 5.22. The van der Waals surface area contributed by atoms with Crippen LogP contribution in [0.4, 0.5) is 4.79 Å². The third-order valence-electron chi connectivity index (χ3n) is 6.63. The molecule has 1 aliphatic heterocycles. The maximum absolute atomic E-state index is 13.7. The summed E-state index contributed by atoms with van der Waals surface area (Å²) in [6.07, 6.45) is -0.658. The normalized spacial score (nSPS) is 14.5. The van der Waals surface area contributed by atoms with Crippen LogP contribution in [0.15, 0.2) is 36.4 Å². The van der Waals surface area contributed by atoms with E-state index in [-0.39, 0.29) is 68.6 Å². The SMILES string of the molecule is CCOC(=O)N1CCN(C(=O)[C@H](CCC(=O)OC(C)(C)C)NC(=O)c2cc(CS(=O)(=O)CC)nc(-c3ccccc3)n2)CC1. The highest BCUT2D eigenvalue weighted by atomic mass is 32.2. The van der Waals surface area contributed by atoms with Gasteiger partial charge in [-0.2, -0.15) is 0 Å². The van der Waals surface area contributed by atoms with Gasteiger partial charge in [0.15, 0.2) is 15.7 Å². The first-order chi connectivity index (χ1) is 20.7. The fourth-order valence-electron chi connectivity index (χ4n) is 4.42. The molecule has 1 fully saturated rings. The minimum absolute atomic E-state index is 0.0503. The van der Waals surface area contributed by atoms with Gasteiger partial charge in [-0.25, -0.2) is 23.2 Å². The lowest BCUT2D eigenvalue weighted by molar-refractivity contribution is -0.155. The molecular formula is C30H41N5O8S. The Hall–Kier alpha value is -4.07. The first-order valence-corrected chi connectivity index (χ1v) is 16.4. The lowest BCUT2D eigenvalue weighted by Gasteiger charge is -2.36. The van der Waals surface area contributed by atoms with Crippen LogP contribution in [0, 0.1) is 0 Å². The van der Waals surface area contributed by atoms with Crippen LogP contribution in [-0.4, -0.2) is 102 Å². The molecule has 2 heterocycles. The highest BCUT2D eigenvalue weighted by molar-refractivity contribution is 7.90. The van der Waals surface area contributed by atoms with E-state index in [9.17, 15) is 27.6 Å². The third-order valence-corrected chi connectivity index (χ3v) is 8.24. The quantitative estimate of drug-likeness (QED) is 0.365. The third kappa shape index (κ3) is 10.3. The zero-order chi connectivity index (χ0) is 32.5. The van der Waals surface area contributed by atoms with Gasteiger partial charge in [-0.15, -0.1) is 0 Å². The minimum Gasteiger partial charge on any atom is -0.460 e. The Bertz CT molecular complexity index is 1440. The fraction of sp³-hybridized carbons (Fsp3) is 0.533. The molecule has 3 rings (SSSR count). The molecule has 1 N–H and O–H groups in total. The maximum atomic E-state index is 13.7. The summed E-state index contributed by atoms with van der Waals surface area (Å²) in [5, 5.41) is 2.70. The lowest BCUT2D eigenvalue weighted by atomic mass is 10.1. The van der Waals surface area contributed by atoms with Gasteiger partial charge in [0.2, 0.25) is 5.91 Å². The second-order valence-corrected chi connectivity index (χ2v) is 13.6. The number of esters is 1. The van der Waals surface area contributed by atoms with E-state index in [0.717, 1.165) is 0 Å². The van der Waals surface area contributed by atoms with Gasteiger partial charge in [-0.3, -0.25) is 14.4 Å². The highest BCUT2D eigenvalue weighted by Crippen LogP contribution is 2.18. The first kappa shape index (κ1) is 34.4. The standard InChI is InChI=1S/C30H41N5O8S/c1-6-42-29(39)35-17-15-34(16-18-35)28(38)23(13-14-25(36)43-30(3,4)5)33-27(37)24-19-22(20-44(40,41)7-2)31-26(32-24)21-11-9-8-10-12-21/h8-12,19,23H,6-7,13-18,20H2,1-5H3,(H,33,37)/t23-/m0/s1. The van der Waals surface area contributed by atoms with Crippen LogP contribution in [0.2, 0.25) is 0 Å². The predicted octanol–water partition coefficient (Wildman–Crippen LogP) is 2.60. The number of carbonyl (C=O) groups is 4. The Kier molecular flexibility index (Phi) is 11.8. The second-order valence-electron chi connectivity index (χ2n) is 11.3. The van der Waals surface area contributed by atoms with Crippen LogP contribution in [0.5, 0.6) is 0 Å². The van der Waals surface area contributed by atoms with Gasteiger partial charge in [0.1, 0.15) is 17.3 Å². The van der Waals surface area contributed by atoms with Crippen molar-refractivity contribution in [3.8, 4) is 11.4 Å². The summed E-state index contributed by atoms with van der Waals surface area (Å²) in [6, 6.07) is 8.97. The molecular weight excluding hydrogens is 590 g/mol. The monoisotopic (exact) mass is 631 g/mol. The summed E-state index contributed by atoms with van der Waals surface area (Å²) < 4.78 is 35.2. The van der Waals surface area contributed by atoms with E-state index < -0.39 is 51.1 Å². The average Bonchev–Trinajstić information content (AvgIpc) is 2.98. The topological polar surface area (TPSA) is 165 Å². The first-order valence-electron chi connectivity index (χ1n) is 14.6. The highest BCUT2D eigenvalue weighted by Gasteiger charge is 2.32. The molecule has 1 aromatic heterocycles. The van der Waals surface area contributed by atoms with Gasteiger partial charge in [-0.1, -0.05) is 37.3 Å². The summed E-state index contributed by atoms with van der Waals surface area (Å²) in [4.78, 5) is 63.7. The molecule has 240 valence electrons. The molecule has 1 saturated heterocycles. The molecule has 0 bridgehead atoms. The van der Waals surface area contributed by atoms with E-state index in [0.29, 0.717) is 5.56 Å². The van der Waals surface area contributed by atoms with Crippen LogP contribution >= 0.6 is 0 Å². The van der Waals surface area contributed by atoms with Gasteiger partial charge in [-0.05, 0) is 40.2 Å². The van der Waals surface area contributed by atoms with Crippen LogP contribution in [-0.2, 0) is 34.7 Å². The zero-order valence-corrected chi connectivity index (χ0v) is 26.7. The van der Waals surface area contributed by atoms with Gasteiger partial charge >= 0.3 is 12.1 Å². The number of hydrogen-bond donors (Lipinski definition) is 1. The number of benzene rings is 1. The van der Waals surface area contributed by atoms with E-state index in [1.807, 2.05) is 0 Å². The summed E-state index contributed by atoms with van der Waals surface area (Å²) in [6.45, 7) is 9.58. The van der Waals surface area contributed by atoms with Crippen LogP contribution in [0.3, 0.4) is 0 Å². The van der Waals surface area contributed by atoms with Crippen LogP contribution in [0.1, 0.15) is 63.6 Å². The molecule has 1 aromatic carbocycles. The van der Waals surface area contributed by atoms with Crippen molar-refractivity contribution in [1.29, 1.82) is 0 Å². The summed E-state index contributed by atoms with van der Waals surface area (Å²) >= 11 is 0. The van der Waals surface area contributed by atoms with Crippen LogP contribution in [0.25, 0.3) is 11.4 Å². The Labute approximate surface area is 258 Å². The number of carbonyl (C=O) groups excluding carboxylic acids is 4. The predicted molar refractivity (Wildman–Crippen MR) is 162 cm³/mol. The number of ether oxygens (including phenoxy) is 2. The molecule has 1 atom stereocenters. The number of sulfone groups is 1. The van der Waals surface area contributed by atoms with Gasteiger partial charge < -0.3 is 24.6 Å². The van der Waals surface area contributed by atoms with Crippen molar-refractivity contribution < 1.29 is 37.1 Å². The van der Waals surface area contributed by atoms with Gasteiger partial charge in [0.25, 0.3) is 5.91 Å². The van der Waals surface area contributed by atoms with Crippen molar-refractivity contribution in [1.82, 2.24) is 25.1 Å². The number of aromatic nitrogens is 2. The molecule has 2 aromatic rings. The zero-order valence-electron chi connectivity index (χ0n) is 25.9. The minimum atomic E-state index is -3.48. The largest absolute Gasteiger partial charge is 0.460 e. The number of nitrogens with one attached hydrogen (secondary N) is 1. The van der Waals surface area contributed by atoms with Crippen molar-refractivity contribution in [2.24, 2.45) is 0 Å². The lowest BCUT2D eigenvalue weighted by Crippen LogP contribution is -2.56. The second kappa shape index (κ2) is 15.1. The van der Waals surface area contributed by atoms with E-state index in [1.54, 1.807) is 58.0 Å². The molecule has 13 nitrogen and oxygen atoms in total. The van der Waals surface area contributed by atoms with Crippen molar-refractivity contribution >= 4 is 33.7 Å². The number of hydrogen-bond acceptors (Lipinski definition) is 10. The van der Waals surface area contributed by atoms with E-state index >= 15 is 0 Å². The number of piperazine rings is 1. The molecule has 14 heteroatoms. The maximum Gasteiger partial charge on any atom is 0.409 e. The van der Waals surface area contributed by atoms with E-state index in [4.69, 9.17) is 9.47 Å². The summed E-state index contributed by atoms with van der Waals surface area (Å²) in [7, 11) is -3.48. The molecule has 1 aliphatic rings. The van der Waals surface area contributed by atoms with Crippen molar-refractivity contribution in [2.45, 2.75) is 64.9 Å². The molecule has 44 heavy (non-hydrogen) atoms. The number of rotatable bonds is 11. The van der Waals surface area contributed by atoms with Crippen LogP contribution < -0.4 is 5.32 Å². The van der Waals surface area contributed by atoms with E-state index in [2.05, 4.69) is 15.3 Å². The summed E-state index contributed by atoms with van der Waals surface area (Å²) in [5.74, 6) is -2.03. The molecule has 0 radical (unpaired) electrons. The van der Waals surface area contributed by atoms with Crippen molar-refractivity contribution in [2.75, 3.05) is 38.5 Å². The van der Waals surface area contributed by atoms with E-state index in [1.165, 1.54) is 22.8 Å². The Morgan fingerprint density at radius 2 is 1.61 bits per heavy atom.